The summed E-state index contributed by atoms with van der Waals surface area (Å²) in [5, 5.41) is 38.3. The van der Waals surface area contributed by atoms with Crippen molar-refractivity contribution in [3.8, 4) is 11.5 Å². The molecule has 1 aliphatic heterocycles. The summed E-state index contributed by atoms with van der Waals surface area (Å²) < 4.78 is 18.3. The molecular formula is C34H42O8. The standard InChI is InChI=1S/C34H42O8/c1-19(2)26-13-31(40-17-23(37)15-35)21(5)11-29(26)34(28-10-8-7-9-25(28)33(39)42-34)30-12-22(6)32(14-27(30)20(3)4)41-18-24(38)16-36/h7-14,19-20,23-24,35-38H,15-18H2,1-6H3. The number of carbonyl (C=O) groups is 1. The lowest BCUT2D eigenvalue weighted by atomic mass is 9.72. The average Bonchev–Trinajstić information content (AvgIpc) is 3.27. The lowest BCUT2D eigenvalue weighted by Gasteiger charge is -2.36. The second-order valence-corrected chi connectivity index (χ2v) is 11.6. The Morgan fingerprint density at radius 1 is 0.738 bits per heavy atom. The van der Waals surface area contributed by atoms with Crippen molar-refractivity contribution in [2.45, 2.75) is 71.2 Å². The lowest BCUT2D eigenvalue weighted by Crippen LogP contribution is -2.33. The van der Waals surface area contributed by atoms with Gasteiger partial charge in [0, 0.05) is 16.7 Å². The Hall–Kier alpha value is -3.43. The summed E-state index contributed by atoms with van der Waals surface area (Å²) in [6, 6.07) is 15.3. The molecule has 4 N–H and O–H groups in total. The molecule has 0 amide bonds. The van der Waals surface area contributed by atoms with E-state index in [1.54, 1.807) is 6.07 Å². The van der Waals surface area contributed by atoms with Gasteiger partial charge in [0.2, 0.25) is 0 Å². The Kier molecular flexibility index (Phi) is 9.63. The number of benzene rings is 3. The molecule has 2 atom stereocenters. The highest BCUT2D eigenvalue weighted by Gasteiger charge is 2.51. The van der Waals surface area contributed by atoms with E-state index in [9.17, 15) is 25.2 Å². The highest BCUT2D eigenvalue weighted by molar-refractivity contribution is 5.96. The van der Waals surface area contributed by atoms with Gasteiger partial charge in [-0.15, -0.1) is 0 Å². The molecule has 42 heavy (non-hydrogen) atoms. The van der Waals surface area contributed by atoms with Crippen LogP contribution in [0.15, 0.2) is 48.5 Å². The number of aliphatic hydroxyl groups excluding tert-OH is 4. The number of aliphatic hydroxyl groups is 4. The first-order chi connectivity index (χ1) is 19.9. The number of cyclic esters (lactones) is 1. The Morgan fingerprint density at radius 3 is 1.62 bits per heavy atom. The van der Waals surface area contributed by atoms with Gasteiger partial charge in [-0.3, -0.25) is 0 Å². The third kappa shape index (κ3) is 5.90. The lowest BCUT2D eigenvalue weighted by molar-refractivity contribution is 0.0243. The highest BCUT2D eigenvalue weighted by atomic mass is 16.6. The SMILES string of the molecule is Cc1cc(C2(c3cc(C)c(OCC(O)CO)cc3C(C)C)OC(=O)c3ccccc32)c(C(C)C)cc1OCC(O)CO. The van der Waals surface area contributed by atoms with Gasteiger partial charge < -0.3 is 34.6 Å². The largest absolute Gasteiger partial charge is 0.491 e. The number of rotatable bonds is 12. The van der Waals surface area contributed by atoms with E-state index in [-0.39, 0.29) is 25.0 Å². The van der Waals surface area contributed by atoms with Crippen molar-refractivity contribution in [3.05, 3.63) is 93.0 Å². The van der Waals surface area contributed by atoms with Crippen LogP contribution in [0.5, 0.6) is 11.5 Å². The van der Waals surface area contributed by atoms with Crippen LogP contribution in [0.25, 0.3) is 0 Å². The van der Waals surface area contributed by atoms with Gasteiger partial charge in [0.25, 0.3) is 0 Å². The zero-order chi connectivity index (χ0) is 30.8. The molecule has 0 spiro atoms. The Morgan fingerprint density at radius 2 is 1.19 bits per heavy atom. The Balaban J connectivity index is 2.02. The molecule has 1 heterocycles. The molecule has 0 saturated carbocycles. The molecule has 4 rings (SSSR count). The van der Waals surface area contributed by atoms with Crippen molar-refractivity contribution in [2.24, 2.45) is 0 Å². The van der Waals surface area contributed by atoms with Crippen molar-refractivity contribution in [1.82, 2.24) is 0 Å². The van der Waals surface area contributed by atoms with E-state index in [0.29, 0.717) is 17.1 Å². The van der Waals surface area contributed by atoms with Crippen LogP contribution in [0.4, 0.5) is 0 Å². The second kappa shape index (κ2) is 12.8. The second-order valence-electron chi connectivity index (χ2n) is 11.6. The van der Waals surface area contributed by atoms with E-state index in [4.69, 9.17) is 14.2 Å². The first kappa shape index (κ1) is 31.5. The fourth-order valence-corrected chi connectivity index (χ4v) is 5.52. The van der Waals surface area contributed by atoms with E-state index >= 15 is 0 Å². The zero-order valence-corrected chi connectivity index (χ0v) is 25.2. The van der Waals surface area contributed by atoms with E-state index in [1.807, 2.05) is 56.3 Å². The molecule has 0 aromatic heterocycles. The van der Waals surface area contributed by atoms with Gasteiger partial charge >= 0.3 is 5.97 Å². The smallest absolute Gasteiger partial charge is 0.340 e. The molecule has 226 valence electrons. The van der Waals surface area contributed by atoms with Gasteiger partial charge in [0.05, 0.1) is 18.8 Å². The quantitative estimate of drug-likeness (QED) is 0.232. The molecule has 3 aromatic carbocycles. The summed E-state index contributed by atoms with van der Waals surface area (Å²) in [5.74, 6) is 0.770. The highest BCUT2D eigenvalue weighted by Crippen LogP contribution is 2.52. The third-order valence-corrected chi connectivity index (χ3v) is 7.75. The molecule has 0 fully saturated rings. The van der Waals surface area contributed by atoms with Crippen LogP contribution in [-0.4, -0.2) is 65.0 Å². The summed E-state index contributed by atoms with van der Waals surface area (Å²) in [7, 11) is 0. The van der Waals surface area contributed by atoms with Gasteiger partial charge in [0.15, 0.2) is 5.60 Å². The summed E-state index contributed by atoms with van der Waals surface area (Å²) in [5.41, 5.74) is 5.01. The predicted molar refractivity (Wildman–Crippen MR) is 159 cm³/mol. The zero-order valence-electron chi connectivity index (χ0n) is 25.2. The van der Waals surface area contributed by atoms with Gasteiger partial charge in [-0.2, -0.15) is 0 Å². The van der Waals surface area contributed by atoms with E-state index < -0.39 is 37.0 Å². The van der Waals surface area contributed by atoms with Crippen molar-refractivity contribution in [1.29, 1.82) is 0 Å². The van der Waals surface area contributed by atoms with E-state index in [1.165, 1.54) is 0 Å². The van der Waals surface area contributed by atoms with Crippen LogP contribution in [0.3, 0.4) is 0 Å². The maximum atomic E-state index is 13.5. The number of fused-ring (bicyclic) bond motifs is 1. The number of esters is 1. The fourth-order valence-electron chi connectivity index (χ4n) is 5.52. The van der Waals surface area contributed by atoms with Gasteiger partial charge in [0.1, 0.15) is 36.9 Å². The maximum absolute atomic E-state index is 13.5. The summed E-state index contributed by atoms with van der Waals surface area (Å²) in [6.45, 7) is 11.2. The fraction of sp³-hybridized carbons (Fsp3) is 0.441. The van der Waals surface area contributed by atoms with Crippen LogP contribution in [-0.2, 0) is 10.3 Å². The molecule has 0 bridgehead atoms. The number of hydrogen-bond donors (Lipinski definition) is 4. The number of aryl methyl sites for hydroxylation is 2. The minimum Gasteiger partial charge on any atom is -0.491 e. The van der Waals surface area contributed by atoms with Crippen molar-refractivity contribution < 1.29 is 39.4 Å². The average molecular weight is 579 g/mol. The Bertz CT molecular complexity index is 1350. The van der Waals surface area contributed by atoms with Crippen molar-refractivity contribution in [3.63, 3.8) is 0 Å². The number of hydrogen-bond acceptors (Lipinski definition) is 8. The maximum Gasteiger partial charge on any atom is 0.340 e. The van der Waals surface area contributed by atoms with E-state index in [0.717, 1.165) is 38.9 Å². The minimum absolute atomic E-state index is 0.0141. The monoisotopic (exact) mass is 578 g/mol. The van der Waals surface area contributed by atoms with Crippen molar-refractivity contribution >= 4 is 5.97 Å². The third-order valence-electron chi connectivity index (χ3n) is 7.75. The summed E-state index contributed by atoms with van der Waals surface area (Å²) in [6.07, 6.45) is -2.01. The van der Waals surface area contributed by atoms with Crippen molar-refractivity contribution in [2.75, 3.05) is 26.4 Å². The Labute approximate surface area is 247 Å². The van der Waals surface area contributed by atoms with E-state index in [2.05, 4.69) is 27.7 Å². The number of ether oxygens (including phenoxy) is 3. The molecule has 8 heteroatoms. The molecule has 8 nitrogen and oxygen atoms in total. The van der Waals surface area contributed by atoms with Gasteiger partial charge in [-0.05, 0) is 78.3 Å². The first-order valence-corrected chi connectivity index (χ1v) is 14.4. The minimum atomic E-state index is -1.27. The van der Waals surface area contributed by atoms with Gasteiger partial charge in [-0.1, -0.05) is 45.9 Å². The molecule has 0 aliphatic carbocycles. The number of carbonyl (C=O) groups excluding carboxylic acids is 1. The molecule has 0 radical (unpaired) electrons. The molecule has 2 unspecified atom stereocenters. The van der Waals surface area contributed by atoms with Crippen LogP contribution in [0, 0.1) is 13.8 Å². The first-order valence-electron chi connectivity index (χ1n) is 14.4. The van der Waals surface area contributed by atoms with Gasteiger partial charge in [-0.25, -0.2) is 4.79 Å². The predicted octanol–water partition coefficient (Wildman–Crippen LogP) is 4.48. The molecule has 1 aliphatic rings. The molecule has 0 saturated heterocycles. The topological polar surface area (TPSA) is 126 Å². The van der Waals surface area contributed by atoms with Crippen LogP contribution in [0.2, 0.25) is 0 Å². The normalized spacial score (nSPS) is 17.8. The van der Waals surface area contributed by atoms with Crippen LogP contribution >= 0.6 is 0 Å². The van der Waals surface area contributed by atoms with Crippen LogP contribution < -0.4 is 9.47 Å². The summed E-state index contributed by atoms with van der Waals surface area (Å²) in [4.78, 5) is 13.5. The molecular weight excluding hydrogens is 536 g/mol. The molecule has 3 aromatic rings. The van der Waals surface area contributed by atoms with Crippen LogP contribution in [0.1, 0.15) is 88.8 Å². The summed E-state index contributed by atoms with van der Waals surface area (Å²) >= 11 is 0.